The van der Waals surface area contributed by atoms with E-state index in [4.69, 9.17) is 9.15 Å². The first kappa shape index (κ1) is 21.8. The largest absolute Gasteiger partial charge is 0.493 e. The molecule has 0 atom stereocenters. The van der Waals surface area contributed by atoms with Crippen molar-refractivity contribution < 1.29 is 13.9 Å². The quantitative estimate of drug-likeness (QED) is 0.305. The summed E-state index contributed by atoms with van der Waals surface area (Å²) in [6.45, 7) is 4.72. The lowest BCUT2D eigenvalue weighted by Crippen LogP contribution is -2.21. The highest BCUT2D eigenvalue weighted by molar-refractivity contribution is 9.10. The van der Waals surface area contributed by atoms with Gasteiger partial charge >= 0.3 is 0 Å². The first-order valence-corrected chi connectivity index (χ1v) is 11.1. The zero-order chi connectivity index (χ0) is 22.5. The van der Waals surface area contributed by atoms with Crippen molar-refractivity contribution in [3.05, 3.63) is 88.9 Å². The van der Waals surface area contributed by atoms with Crippen LogP contribution in [0.25, 0.3) is 27.7 Å². The Balaban J connectivity index is 1.67. The number of rotatable bonds is 7. The number of carbonyl (C=O) groups is 1. The van der Waals surface area contributed by atoms with Crippen LogP contribution < -0.4 is 10.1 Å². The van der Waals surface area contributed by atoms with Crippen LogP contribution >= 0.6 is 15.9 Å². The van der Waals surface area contributed by atoms with Crippen molar-refractivity contribution in [1.82, 2.24) is 10.3 Å². The number of hydrogen-bond donors (Lipinski definition) is 1. The molecular formula is C26H23BrN2O3. The van der Waals surface area contributed by atoms with Gasteiger partial charge in [-0.1, -0.05) is 34.1 Å². The number of pyridine rings is 1. The van der Waals surface area contributed by atoms with E-state index in [1.54, 1.807) is 18.5 Å². The molecule has 0 saturated heterocycles. The average molecular weight is 491 g/mol. The van der Waals surface area contributed by atoms with Gasteiger partial charge in [-0.15, -0.1) is 0 Å². The van der Waals surface area contributed by atoms with Crippen molar-refractivity contribution in [2.75, 3.05) is 6.61 Å². The first-order valence-electron chi connectivity index (χ1n) is 10.4. The van der Waals surface area contributed by atoms with E-state index in [9.17, 15) is 4.79 Å². The van der Waals surface area contributed by atoms with Crippen LogP contribution in [0, 0.1) is 0 Å². The molecule has 32 heavy (non-hydrogen) atoms. The Morgan fingerprint density at radius 1 is 1.19 bits per heavy atom. The molecule has 6 heteroatoms. The molecule has 162 valence electrons. The van der Waals surface area contributed by atoms with Crippen molar-refractivity contribution in [1.29, 1.82) is 0 Å². The highest BCUT2D eigenvalue weighted by Gasteiger charge is 2.15. The number of halogens is 1. The summed E-state index contributed by atoms with van der Waals surface area (Å²) in [6.07, 6.45) is 5.05. The minimum Gasteiger partial charge on any atom is -0.493 e. The zero-order valence-electron chi connectivity index (χ0n) is 17.9. The number of nitrogens with zero attached hydrogens (tertiary/aromatic N) is 1. The van der Waals surface area contributed by atoms with Crippen LogP contribution in [0.15, 0.2) is 82.0 Å². The van der Waals surface area contributed by atoms with Crippen molar-refractivity contribution in [2.24, 2.45) is 0 Å². The number of hydrogen-bond acceptors (Lipinski definition) is 4. The summed E-state index contributed by atoms with van der Waals surface area (Å²) in [5.41, 5.74) is 5.22. The number of carbonyl (C=O) groups excluding carboxylic acids is 1. The van der Waals surface area contributed by atoms with E-state index >= 15 is 0 Å². The lowest BCUT2D eigenvalue weighted by atomic mass is 9.99. The molecule has 2 aromatic heterocycles. The minimum atomic E-state index is -0.185. The zero-order valence-corrected chi connectivity index (χ0v) is 19.5. The van der Waals surface area contributed by atoms with Gasteiger partial charge in [-0.05, 0) is 55.3 Å². The van der Waals surface area contributed by atoms with Crippen LogP contribution in [0.4, 0.5) is 0 Å². The third kappa shape index (κ3) is 4.92. The van der Waals surface area contributed by atoms with Crippen LogP contribution in [-0.2, 0) is 11.3 Å². The Labute approximate surface area is 195 Å². The molecule has 0 fully saturated rings. The molecule has 5 nitrogen and oxygen atoms in total. The maximum atomic E-state index is 12.5. The van der Waals surface area contributed by atoms with Crippen molar-refractivity contribution >= 4 is 38.4 Å². The van der Waals surface area contributed by atoms with E-state index < -0.39 is 0 Å². The molecular weight excluding hydrogens is 468 g/mol. The molecule has 2 heterocycles. The van der Waals surface area contributed by atoms with E-state index in [0.717, 1.165) is 43.4 Å². The minimum absolute atomic E-state index is 0.185. The molecule has 0 unspecified atom stereocenters. The highest BCUT2D eigenvalue weighted by Crippen LogP contribution is 2.38. The van der Waals surface area contributed by atoms with Gasteiger partial charge in [0, 0.05) is 39.3 Å². The highest BCUT2D eigenvalue weighted by atomic mass is 79.9. The Hall–Kier alpha value is -3.38. The summed E-state index contributed by atoms with van der Waals surface area (Å²) >= 11 is 3.53. The first-order chi connectivity index (χ1) is 15.5. The van der Waals surface area contributed by atoms with Crippen molar-refractivity contribution in [2.45, 2.75) is 20.4 Å². The summed E-state index contributed by atoms with van der Waals surface area (Å²) in [6, 6.07) is 17.6. The molecule has 1 amide bonds. The summed E-state index contributed by atoms with van der Waals surface area (Å²) in [7, 11) is 0. The maximum absolute atomic E-state index is 12.5. The lowest BCUT2D eigenvalue weighted by molar-refractivity contribution is -0.116. The number of amides is 1. The number of benzene rings is 2. The van der Waals surface area contributed by atoms with E-state index in [1.807, 2.05) is 68.4 Å². The van der Waals surface area contributed by atoms with Gasteiger partial charge in [0.05, 0.1) is 25.1 Å². The van der Waals surface area contributed by atoms with Gasteiger partial charge in [0.1, 0.15) is 11.3 Å². The topological polar surface area (TPSA) is 64.4 Å². The third-order valence-corrected chi connectivity index (χ3v) is 5.55. The Kier molecular flexibility index (Phi) is 6.71. The number of furan rings is 1. The van der Waals surface area contributed by atoms with Gasteiger partial charge < -0.3 is 14.5 Å². The third-order valence-electron chi connectivity index (χ3n) is 5.05. The van der Waals surface area contributed by atoms with Crippen LogP contribution in [0.1, 0.15) is 25.1 Å². The predicted octanol–water partition coefficient (Wildman–Crippen LogP) is 6.38. The van der Waals surface area contributed by atoms with Gasteiger partial charge in [0.25, 0.3) is 0 Å². The Morgan fingerprint density at radius 2 is 2.06 bits per heavy atom. The molecule has 2 aromatic carbocycles. The molecule has 0 aliphatic heterocycles. The number of ether oxygens (including phenoxy) is 1. The monoisotopic (exact) mass is 490 g/mol. The number of fused-ring (bicyclic) bond motifs is 1. The summed E-state index contributed by atoms with van der Waals surface area (Å²) in [5.74, 6) is 0.497. The fraction of sp³-hybridized carbons (Fsp3) is 0.154. The second-order valence-electron chi connectivity index (χ2n) is 7.30. The lowest BCUT2D eigenvalue weighted by Gasteiger charge is -2.12. The molecule has 0 saturated carbocycles. The smallest absolute Gasteiger partial charge is 0.244 e. The van der Waals surface area contributed by atoms with Crippen LogP contribution in [0.2, 0.25) is 0 Å². The van der Waals surface area contributed by atoms with Crippen molar-refractivity contribution in [3.8, 4) is 16.9 Å². The molecule has 1 N–H and O–H groups in total. The summed E-state index contributed by atoms with van der Waals surface area (Å²) < 4.78 is 12.7. The maximum Gasteiger partial charge on any atom is 0.244 e. The van der Waals surface area contributed by atoms with Gasteiger partial charge in [-0.25, -0.2) is 0 Å². The standard InChI is InChI=1S/C26H23BrN2O3/c1-3-31-24-14-25-22(23(16-32-25)18-7-6-8-19(27)12-18)13-21(24)17(2)11-26(30)29-15-20-9-4-5-10-28-20/h4-14,16H,3,15H2,1-2H3,(H,29,30)/b17-11+. The van der Waals surface area contributed by atoms with Crippen LogP contribution in [-0.4, -0.2) is 17.5 Å². The van der Waals surface area contributed by atoms with E-state index in [-0.39, 0.29) is 5.91 Å². The molecule has 0 radical (unpaired) electrons. The molecule has 0 aliphatic carbocycles. The fourth-order valence-electron chi connectivity index (χ4n) is 3.52. The van der Waals surface area contributed by atoms with E-state index in [1.165, 1.54) is 0 Å². The van der Waals surface area contributed by atoms with Gasteiger partial charge in [0.2, 0.25) is 5.91 Å². The summed E-state index contributed by atoms with van der Waals surface area (Å²) in [4.78, 5) is 16.8. The van der Waals surface area contributed by atoms with Crippen LogP contribution in [0.3, 0.4) is 0 Å². The van der Waals surface area contributed by atoms with Gasteiger partial charge in [0.15, 0.2) is 0 Å². The summed E-state index contributed by atoms with van der Waals surface area (Å²) in [5, 5.41) is 3.85. The van der Waals surface area contributed by atoms with E-state index in [2.05, 4.69) is 26.2 Å². The Bertz CT molecular complexity index is 1280. The average Bonchev–Trinajstić information content (AvgIpc) is 3.21. The molecule has 4 aromatic rings. The Morgan fingerprint density at radius 3 is 2.81 bits per heavy atom. The van der Waals surface area contributed by atoms with Crippen LogP contribution in [0.5, 0.6) is 5.75 Å². The molecule has 0 bridgehead atoms. The second-order valence-corrected chi connectivity index (χ2v) is 8.22. The van der Waals surface area contributed by atoms with E-state index in [0.29, 0.717) is 18.9 Å². The van der Waals surface area contributed by atoms with Gasteiger partial charge in [-0.3, -0.25) is 9.78 Å². The predicted molar refractivity (Wildman–Crippen MR) is 130 cm³/mol. The molecule has 4 rings (SSSR count). The second kappa shape index (κ2) is 9.83. The van der Waals surface area contributed by atoms with Gasteiger partial charge in [-0.2, -0.15) is 0 Å². The SMILES string of the molecule is CCOc1cc2occ(-c3cccc(Br)c3)c2cc1/C(C)=C/C(=O)NCc1ccccn1. The number of aromatic nitrogens is 1. The van der Waals surface area contributed by atoms with Crippen molar-refractivity contribution in [3.63, 3.8) is 0 Å². The fourth-order valence-corrected chi connectivity index (χ4v) is 3.92. The normalized spacial score (nSPS) is 11.5. The number of nitrogens with one attached hydrogen (secondary N) is 1. The molecule has 0 spiro atoms. The number of allylic oxidation sites excluding steroid dienone is 1. The molecule has 0 aliphatic rings.